The zero-order valence-corrected chi connectivity index (χ0v) is 16.6. The summed E-state index contributed by atoms with van der Waals surface area (Å²) in [6.07, 6.45) is 3.54. The lowest BCUT2D eigenvalue weighted by atomic mass is 10.1. The van der Waals surface area contributed by atoms with Crippen LogP contribution in [-0.4, -0.2) is 41.4 Å². The van der Waals surface area contributed by atoms with Crippen LogP contribution in [0.25, 0.3) is 0 Å². The SMILES string of the molecule is Cc1ccc2c(c1)N(C)C(=O)[C@@H](NC(=O)n1cc(Cc3cccc(F)c3)cn1)CO2. The number of amides is 2. The van der Waals surface area contributed by atoms with Crippen molar-refractivity contribution in [3.8, 4) is 5.75 Å². The van der Waals surface area contributed by atoms with Gasteiger partial charge in [-0.2, -0.15) is 9.78 Å². The summed E-state index contributed by atoms with van der Waals surface area (Å²) in [5.41, 5.74) is 3.19. The predicted molar refractivity (Wildman–Crippen MR) is 109 cm³/mol. The molecule has 2 amide bonds. The van der Waals surface area contributed by atoms with Gasteiger partial charge in [0.1, 0.15) is 24.2 Å². The highest BCUT2D eigenvalue weighted by atomic mass is 19.1. The number of hydrogen-bond donors (Lipinski definition) is 1. The van der Waals surface area contributed by atoms with E-state index in [9.17, 15) is 14.0 Å². The summed E-state index contributed by atoms with van der Waals surface area (Å²) in [5, 5.41) is 6.74. The first-order chi connectivity index (χ1) is 14.4. The number of fused-ring (bicyclic) bond motifs is 1. The number of nitrogens with zero attached hydrogens (tertiary/aromatic N) is 3. The lowest BCUT2D eigenvalue weighted by Gasteiger charge is -2.20. The molecule has 1 N–H and O–H groups in total. The van der Waals surface area contributed by atoms with Gasteiger partial charge in [-0.1, -0.05) is 18.2 Å². The van der Waals surface area contributed by atoms with E-state index in [1.165, 1.54) is 17.0 Å². The van der Waals surface area contributed by atoms with E-state index in [0.29, 0.717) is 17.9 Å². The highest BCUT2D eigenvalue weighted by Crippen LogP contribution is 2.31. The zero-order valence-electron chi connectivity index (χ0n) is 16.6. The van der Waals surface area contributed by atoms with Crippen LogP contribution in [0.5, 0.6) is 5.75 Å². The highest BCUT2D eigenvalue weighted by Gasteiger charge is 2.31. The number of hydrogen-bond acceptors (Lipinski definition) is 4. The molecule has 4 rings (SSSR count). The molecular formula is C22H21FN4O3. The molecule has 0 bridgehead atoms. The third-order valence-corrected chi connectivity index (χ3v) is 4.95. The van der Waals surface area contributed by atoms with Crippen molar-refractivity contribution in [3.05, 3.63) is 77.4 Å². The van der Waals surface area contributed by atoms with Crippen molar-refractivity contribution in [2.45, 2.75) is 19.4 Å². The molecule has 0 radical (unpaired) electrons. The Morgan fingerprint density at radius 1 is 1.27 bits per heavy atom. The minimum atomic E-state index is -0.855. The normalized spacial score (nSPS) is 15.9. The Balaban J connectivity index is 1.45. The summed E-state index contributed by atoms with van der Waals surface area (Å²) in [4.78, 5) is 26.9. The summed E-state index contributed by atoms with van der Waals surface area (Å²) in [6.45, 7) is 1.95. The van der Waals surface area contributed by atoms with E-state index >= 15 is 0 Å². The second kappa shape index (κ2) is 7.98. The zero-order chi connectivity index (χ0) is 21.3. The van der Waals surface area contributed by atoms with Crippen molar-refractivity contribution in [1.29, 1.82) is 0 Å². The number of carbonyl (C=O) groups excluding carboxylic acids is 2. The van der Waals surface area contributed by atoms with Crippen LogP contribution in [0.4, 0.5) is 14.9 Å². The number of nitrogens with one attached hydrogen (secondary N) is 1. The summed E-state index contributed by atoms with van der Waals surface area (Å²) < 4.78 is 20.2. The molecule has 0 saturated carbocycles. The van der Waals surface area contributed by atoms with Crippen molar-refractivity contribution in [2.75, 3.05) is 18.6 Å². The Hall–Kier alpha value is -3.68. The average molecular weight is 408 g/mol. The van der Waals surface area contributed by atoms with E-state index in [1.807, 2.05) is 25.1 Å². The number of likely N-dealkylation sites (N-methyl/N-ethyl adjacent to an activating group) is 1. The Morgan fingerprint density at radius 2 is 2.10 bits per heavy atom. The Kier molecular flexibility index (Phi) is 5.22. The van der Waals surface area contributed by atoms with E-state index in [4.69, 9.17) is 4.74 Å². The first-order valence-electron chi connectivity index (χ1n) is 9.50. The molecule has 1 aromatic heterocycles. The van der Waals surface area contributed by atoms with Crippen LogP contribution in [0, 0.1) is 12.7 Å². The van der Waals surface area contributed by atoms with Gasteiger partial charge in [0.25, 0.3) is 5.91 Å². The Labute approximate surface area is 173 Å². The molecule has 0 fully saturated rings. The fourth-order valence-corrected chi connectivity index (χ4v) is 3.37. The van der Waals surface area contributed by atoms with Crippen LogP contribution >= 0.6 is 0 Å². The standard InChI is InChI=1S/C22H21FN4O3/c1-14-6-7-20-19(8-14)26(2)21(28)18(13-30-20)25-22(29)27-12-16(11-24-27)9-15-4-3-5-17(23)10-15/h3-8,10-12,18H,9,13H2,1-2H3,(H,25,29)/t18-/m0/s1. The number of benzene rings is 2. The van der Waals surface area contributed by atoms with Crippen LogP contribution in [0.1, 0.15) is 16.7 Å². The molecule has 2 aromatic carbocycles. The predicted octanol–water partition coefficient (Wildman–Crippen LogP) is 2.90. The summed E-state index contributed by atoms with van der Waals surface area (Å²) in [7, 11) is 1.65. The van der Waals surface area contributed by atoms with Crippen molar-refractivity contribution in [1.82, 2.24) is 15.1 Å². The number of ether oxygens (including phenoxy) is 1. The molecule has 2 heterocycles. The maximum Gasteiger partial charge on any atom is 0.342 e. The van der Waals surface area contributed by atoms with Crippen LogP contribution in [-0.2, 0) is 11.2 Å². The van der Waals surface area contributed by atoms with Gasteiger partial charge in [0.2, 0.25) is 0 Å². The van der Waals surface area contributed by atoms with Gasteiger partial charge in [-0.15, -0.1) is 0 Å². The fraction of sp³-hybridized carbons (Fsp3) is 0.227. The minimum absolute atomic E-state index is 0.0163. The monoisotopic (exact) mass is 408 g/mol. The molecule has 30 heavy (non-hydrogen) atoms. The van der Waals surface area contributed by atoms with Gasteiger partial charge in [-0.25, -0.2) is 9.18 Å². The van der Waals surface area contributed by atoms with Crippen LogP contribution in [0.3, 0.4) is 0 Å². The molecule has 154 valence electrons. The molecule has 0 aliphatic carbocycles. The lowest BCUT2D eigenvalue weighted by Crippen LogP contribution is -2.50. The molecule has 8 heteroatoms. The van der Waals surface area contributed by atoms with Gasteiger partial charge < -0.3 is 15.0 Å². The third kappa shape index (κ3) is 4.03. The third-order valence-electron chi connectivity index (χ3n) is 4.95. The molecular weight excluding hydrogens is 387 g/mol. The number of rotatable bonds is 3. The minimum Gasteiger partial charge on any atom is -0.489 e. The first kappa shape index (κ1) is 19.6. The quantitative estimate of drug-likeness (QED) is 0.723. The van der Waals surface area contributed by atoms with Crippen LogP contribution < -0.4 is 15.0 Å². The average Bonchev–Trinajstić information content (AvgIpc) is 3.15. The molecule has 0 saturated heterocycles. The number of aromatic nitrogens is 2. The summed E-state index contributed by atoms with van der Waals surface area (Å²) in [6, 6.07) is 10.4. The van der Waals surface area contributed by atoms with E-state index in [0.717, 1.165) is 21.4 Å². The van der Waals surface area contributed by atoms with E-state index < -0.39 is 12.1 Å². The van der Waals surface area contributed by atoms with E-state index in [-0.39, 0.29) is 18.3 Å². The van der Waals surface area contributed by atoms with Crippen LogP contribution in [0.15, 0.2) is 54.9 Å². The maximum atomic E-state index is 13.4. The molecule has 3 aromatic rings. The molecule has 1 atom stereocenters. The molecule has 0 spiro atoms. The second-order valence-corrected chi connectivity index (χ2v) is 7.28. The van der Waals surface area contributed by atoms with Gasteiger partial charge in [0, 0.05) is 19.7 Å². The smallest absolute Gasteiger partial charge is 0.342 e. The number of carbonyl (C=O) groups is 2. The van der Waals surface area contributed by atoms with E-state index in [2.05, 4.69) is 10.4 Å². The van der Waals surface area contributed by atoms with Gasteiger partial charge >= 0.3 is 6.03 Å². The summed E-state index contributed by atoms with van der Waals surface area (Å²) >= 11 is 0. The molecule has 1 aliphatic rings. The van der Waals surface area contributed by atoms with Crippen molar-refractivity contribution in [2.24, 2.45) is 0 Å². The van der Waals surface area contributed by atoms with Gasteiger partial charge in [-0.05, 0) is 47.9 Å². The number of halogens is 1. The maximum absolute atomic E-state index is 13.4. The first-order valence-corrected chi connectivity index (χ1v) is 9.50. The lowest BCUT2D eigenvalue weighted by molar-refractivity contribution is -0.120. The topological polar surface area (TPSA) is 76.5 Å². The number of aryl methyl sites for hydroxylation is 1. The van der Waals surface area contributed by atoms with Gasteiger partial charge in [-0.3, -0.25) is 4.79 Å². The largest absolute Gasteiger partial charge is 0.489 e. The van der Waals surface area contributed by atoms with Gasteiger partial charge in [0.05, 0.1) is 11.9 Å². The van der Waals surface area contributed by atoms with Crippen molar-refractivity contribution < 1.29 is 18.7 Å². The van der Waals surface area contributed by atoms with Crippen molar-refractivity contribution in [3.63, 3.8) is 0 Å². The fourth-order valence-electron chi connectivity index (χ4n) is 3.37. The van der Waals surface area contributed by atoms with Crippen molar-refractivity contribution >= 4 is 17.6 Å². The number of anilines is 1. The Morgan fingerprint density at radius 3 is 2.90 bits per heavy atom. The highest BCUT2D eigenvalue weighted by molar-refractivity contribution is 6.00. The Bertz CT molecular complexity index is 1110. The molecule has 1 aliphatic heterocycles. The van der Waals surface area contributed by atoms with E-state index in [1.54, 1.807) is 31.6 Å². The molecule has 7 nitrogen and oxygen atoms in total. The van der Waals surface area contributed by atoms with Crippen LogP contribution in [0.2, 0.25) is 0 Å². The van der Waals surface area contributed by atoms with Gasteiger partial charge in [0.15, 0.2) is 0 Å². The molecule has 0 unspecified atom stereocenters. The second-order valence-electron chi connectivity index (χ2n) is 7.28. The summed E-state index contributed by atoms with van der Waals surface area (Å²) in [5.74, 6) is -0.00525.